The van der Waals surface area contributed by atoms with Crippen molar-refractivity contribution >= 4 is 22.2 Å². The van der Waals surface area contributed by atoms with Crippen LogP contribution in [-0.2, 0) is 0 Å². The van der Waals surface area contributed by atoms with E-state index in [1.807, 2.05) is 47.3 Å². The standard InChI is InChI=1S/C11H8BrNO/c12-10-3-4-11(9(7-10)8-14)13-5-1-2-6-13/h1-8H. The molecule has 0 amide bonds. The molecule has 0 spiro atoms. The Morgan fingerprint density at radius 3 is 2.57 bits per heavy atom. The molecule has 0 fully saturated rings. The fourth-order valence-corrected chi connectivity index (χ4v) is 1.73. The maximum Gasteiger partial charge on any atom is 0.152 e. The van der Waals surface area contributed by atoms with E-state index < -0.39 is 0 Å². The number of hydrogen-bond donors (Lipinski definition) is 0. The molecule has 0 radical (unpaired) electrons. The lowest BCUT2D eigenvalue weighted by molar-refractivity contribution is 0.112. The fraction of sp³-hybridized carbons (Fsp3) is 0. The van der Waals surface area contributed by atoms with Gasteiger partial charge in [0, 0.05) is 22.4 Å². The molecular weight excluding hydrogens is 242 g/mol. The number of carbonyl (C=O) groups is 1. The van der Waals surface area contributed by atoms with Crippen molar-refractivity contribution in [2.45, 2.75) is 0 Å². The van der Waals surface area contributed by atoms with Gasteiger partial charge in [-0.2, -0.15) is 0 Å². The Bertz CT molecular complexity index is 448. The number of nitrogens with zero attached hydrogens (tertiary/aromatic N) is 1. The van der Waals surface area contributed by atoms with Crippen molar-refractivity contribution in [3.05, 3.63) is 52.8 Å². The minimum Gasteiger partial charge on any atom is -0.323 e. The number of halogens is 1. The van der Waals surface area contributed by atoms with Gasteiger partial charge in [-0.25, -0.2) is 0 Å². The Morgan fingerprint density at radius 1 is 1.21 bits per heavy atom. The van der Waals surface area contributed by atoms with Gasteiger partial charge in [-0.05, 0) is 30.3 Å². The zero-order valence-electron chi connectivity index (χ0n) is 7.35. The second-order valence-electron chi connectivity index (χ2n) is 2.91. The molecule has 3 heteroatoms. The first kappa shape index (κ1) is 9.21. The van der Waals surface area contributed by atoms with E-state index >= 15 is 0 Å². The molecule has 0 aliphatic rings. The third-order valence-corrected chi connectivity index (χ3v) is 2.49. The van der Waals surface area contributed by atoms with Crippen molar-refractivity contribution in [3.8, 4) is 5.69 Å². The SMILES string of the molecule is O=Cc1cc(Br)ccc1-n1cccc1. The highest BCUT2D eigenvalue weighted by Gasteiger charge is 2.02. The molecule has 70 valence electrons. The highest BCUT2D eigenvalue weighted by Crippen LogP contribution is 2.18. The van der Waals surface area contributed by atoms with Crippen LogP contribution in [0.4, 0.5) is 0 Å². The van der Waals surface area contributed by atoms with Gasteiger partial charge in [0.2, 0.25) is 0 Å². The summed E-state index contributed by atoms with van der Waals surface area (Å²) >= 11 is 3.33. The second kappa shape index (κ2) is 3.80. The Labute approximate surface area is 90.3 Å². The van der Waals surface area contributed by atoms with Crippen molar-refractivity contribution in [3.63, 3.8) is 0 Å². The van der Waals surface area contributed by atoms with Crippen LogP contribution >= 0.6 is 15.9 Å². The van der Waals surface area contributed by atoms with Crippen molar-refractivity contribution in [2.75, 3.05) is 0 Å². The maximum atomic E-state index is 10.8. The molecule has 1 aromatic heterocycles. The number of carbonyl (C=O) groups excluding carboxylic acids is 1. The molecule has 2 aromatic rings. The van der Waals surface area contributed by atoms with Gasteiger partial charge in [0.1, 0.15) is 0 Å². The van der Waals surface area contributed by atoms with Crippen molar-refractivity contribution < 1.29 is 4.79 Å². The van der Waals surface area contributed by atoms with Gasteiger partial charge in [-0.3, -0.25) is 4.79 Å². The third kappa shape index (κ3) is 1.63. The molecule has 0 bridgehead atoms. The Balaban J connectivity index is 2.58. The normalized spacial score (nSPS) is 10.1. The Kier molecular flexibility index (Phi) is 2.50. The molecule has 0 unspecified atom stereocenters. The van der Waals surface area contributed by atoms with Crippen LogP contribution in [0.1, 0.15) is 10.4 Å². The summed E-state index contributed by atoms with van der Waals surface area (Å²) in [6.45, 7) is 0. The summed E-state index contributed by atoms with van der Waals surface area (Å²) in [6, 6.07) is 9.49. The summed E-state index contributed by atoms with van der Waals surface area (Å²) in [5.74, 6) is 0. The van der Waals surface area contributed by atoms with Gasteiger partial charge in [0.15, 0.2) is 6.29 Å². The molecule has 2 rings (SSSR count). The predicted molar refractivity (Wildman–Crippen MR) is 58.9 cm³/mol. The predicted octanol–water partition coefficient (Wildman–Crippen LogP) is 3.05. The maximum absolute atomic E-state index is 10.8. The molecule has 0 aliphatic heterocycles. The van der Waals surface area contributed by atoms with Gasteiger partial charge in [-0.1, -0.05) is 15.9 Å². The average molecular weight is 250 g/mol. The second-order valence-corrected chi connectivity index (χ2v) is 3.83. The minimum atomic E-state index is 0.676. The van der Waals surface area contributed by atoms with Crippen LogP contribution in [0.3, 0.4) is 0 Å². The molecule has 1 aromatic carbocycles. The topological polar surface area (TPSA) is 22.0 Å². The number of aromatic nitrogens is 1. The molecular formula is C11H8BrNO. The Hall–Kier alpha value is -1.35. The lowest BCUT2D eigenvalue weighted by atomic mass is 10.2. The van der Waals surface area contributed by atoms with E-state index in [1.165, 1.54) is 0 Å². The molecule has 0 saturated heterocycles. The number of rotatable bonds is 2. The van der Waals surface area contributed by atoms with Gasteiger partial charge >= 0.3 is 0 Å². The highest BCUT2D eigenvalue weighted by atomic mass is 79.9. The Morgan fingerprint density at radius 2 is 1.93 bits per heavy atom. The average Bonchev–Trinajstić information content (AvgIpc) is 2.70. The molecule has 0 aliphatic carbocycles. The first-order valence-corrected chi connectivity index (χ1v) is 4.98. The van der Waals surface area contributed by atoms with Crippen molar-refractivity contribution in [1.29, 1.82) is 0 Å². The first-order valence-electron chi connectivity index (χ1n) is 4.19. The molecule has 1 heterocycles. The summed E-state index contributed by atoms with van der Waals surface area (Å²) in [5.41, 5.74) is 1.57. The third-order valence-electron chi connectivity index (χ3n) is 2.00. The van der Waals surface area contributed by atoms with Gasteiger partial charge in [0.05, 0.1) is 5.69 Å². The van der Waals surface area contributed by atoms with E-state index in [9.17, 15) is 4.79 Å². The number of benzene rings is 1. The summed E-state index contributed by atoms with van der Waals surface area (Å²) in [6.07, 6.45) is 4.69. The fourth-order valence-electron chi connectivity index (χ4n) is 1.35. The summed E-state index contributed by atoms with van der Waals surface area (Å²) in [4.78, 5) is 10.8. The summed E-state index contributed by atoms with van der Waals surface area (Å²) in [7, 11) is 0. The zero-order valence-corrected chi connectivity index (χ0v) is 8.94. The molecule has 14 heavy (non-hydrogen) atoms. The van der Waals surface area contributed by atoms with Crippen LogP contribution in [0.15, 0.2) is 47.2 Å². The van der Waals surface area contributed by atoms with Gasteiger partial charge in [0.25, 0.3) is 0 Å². The zero-order chi connectivity index (χ0) is 9.97. The van der Waals surface area contributed by atoms with E-state index in [0.29, 0.717) is 5.56 Å². The minimum absolute atomic E-state index is 0.676. The quantitative estimate of drug-likeness (QED) is 0.751. The summed E-state index contributed by atoms with van der Waals surface area (Å²) in [5, 5.41) is 0. The van der Waals surface area contributed by atoms with Crippen LogP contribution in [0.2, 0.25) is 0 Å². The van der Waals surface area contributed by atoms with Gasteiger partial charge < -0.3 is 4.57 Å². The van der Waals surface area contributed by atoms with E-state index in [4.69, 9.17) is 0 Å². The van der Waals surface area contributed by atoms with Crippen molar-refractivity contribution in [2.24, 2.45) is 0 Å². The van der Waals surface area contributed by atoms with E-state index in [2.05, 4.69) is 15.9 Å². The molecule has 0 atom stereocenters. The summed E-state index contributed by atoms with van der Waals surface area (Å²) < 4.78 is 2.83. The first-order chi connectivity index (χ1) is 6.81. The van der Waals surface area contributed by atoms with E-state index in [1.54, 1.807) is 0 Å². The van der Waals surface area contributed by atoms with Crippen LogP contribution in [-0.4, -0.2) is 10.9 Å². The molecule has 2 nitrogen and oxygen atoms in total. The van der Waals surface area contributed by atoms with Crippen LogP contribution in [0.25, 0.3) is 5.69 Å². The lowest BCUT2D eigenvalue weighted by Crippen LogP contribution is -1.95. The monoisotopic (exact) mass is 249 g/mol. The van der Waals surface area contributed by atoms with Gasteiger partial charge in [-0.15, -0.1) is 0 Å². The molecule has 0 N–H and O–H groups in total. The van der Waals surface area contributed by atoms with E-state index in [0.717, 1.165) is 16.4 Å². The van der Waals surface area contributed by atoms with Crippen LogP contribution in [0.5, 0.6) is 0 Å². The van der Waals surface area contributed by atoms with Crippen LogP contribution in [0, 0.1) is 0 Å². The van der Waals surface area contributed by atoms with E-state index in [-0.39, 0.29) is 0 Å². The number of aldehydes is 1. The molecule has 0 saturated carbocycles. The number of hydrogen-bond acceptors (Lipinski definition) is 1. The highest BCUT2D eigenvalue weighted by molar-refractivity contribution is 9.10. The largest absolute Gasteiger partial charge is 0.323 e. The lowest BCUT2D eigenvalue weighted by Gasteiger charge is -2.05. The van der Waals surface area contributed by atoms with Crippen LogP contribution < -0.4 is 0 Å². The smallest absolute Gasteiger partial charge is 0.152 e. The van der Waals surface area contributed by atoms with Crippen molar-refractivity contribution in [1.82, 2.24) is 4.57 Å².